The van der Waals surface area contributed by atoms with E-state index in [2.05, 4.69) is 15.0 Å². The summed E-state index contributed by atoms with van der Waals surface area (Å²) >= 11 is 0. The molecule has 1 aliphatic rings. The highest BCUT2D eigenvalue weighted by atomic mass is 16.5. The molecule has 31 heavy (non-hydrogen) atoms. The minimum atomic E-state index is -0.831. The van der Waals surface area contributed by atoms with Gasteiger partial charge in [-0.15, -0.1) is 0 Å². The maximum atomic E-state index is 12.2. The number of carbonyl (C=O) groups is 2. The van der Waals surface area contributed by atoms with Crippen LogP contribution in [0.15, 0.2) is 40.1 Å². The van der Waals surface area contributed by atoms with E-state index in [1.165, 1.54) is 17.9 Å². The third-order valence-corrected chi connectivity index (χ3v) is 5.18. The third kappa shape index (κ3) is 5.47. The van der Waals surface area contributed by atoms with E-state index in [1.54, 1.807) is 31.2 Å². The lowest BCUT2D eigenvalue weighted by Gasteiger charge is -2.16. The highest BCUT2D eigenvalue weighted by molar-refractivity contribution is 5.89. The Morgan fingerprint density at radius 2 is 2.00 bits per heavy atom. The maximum absolute atomic E-state index is 12.2. The van der Waals surface area contributed by atoms with Crippen molar-refractivity contribution in [2.75, 3.05) is 7.11 Å². The molecule has 3 rings (SSSR count). The number of nitrogens with zero attached hydrogens (tertiary/aromatic N) is 1. The van der Waals surface area contributed by atoms with E-state index in [-0.39, 0.29) is 25.2 Å². The summed E-state index contributed by atoms with van der Waals surface area (Å²) in [6, 6.07) is 6.70. The molecule has 2 heterocycles. The van der Waals surface area contributed by atoms with E-state index in [1.807, 2.05) is 0 Å². The van der Waals surface area contributed by atoms with Crippen LogP contribution in [0.5, 0.6) is 0 Å². The van der Waals surface area contributed by atoms with E-state index < -0.39 is 35.7 Å². The number of rotatable bonds is 7. The lowest BCUT2D eigenvalue weighted by atomic mass is 10.1. The predicted octanol–water partition coefficient (Wildman–Crippen LogP) is 0.377. The van der Waals surface area contributed by atoms with Crippen LogP contribution in [0, 0.1) is 6.92 Å². The largest absolute Gasteiger partial charge is 0.465 e. The zero-order chi connectivity index (χ0) is 22.5. The number of ether oxygens (including phenoxy) is 2. The number of aryl methyl sites for hydroxylation is 1. The van der Waals surface area contributed by atoms with Crippen molar-refractivity contribution in [3.05, 3.63) is 68.0 Å². The van der Waals surface area contributed by atoms with Crippen molar-refractivity contribution in [1.82, 2.24) is 14.9 Å². The molecule has 0 spiro atoms. The lowest BCUT2D eigenvalue weighted by molar-refractivity contribution is -0.122. The van der Waals surface area contributed by atoms with Crippen molar-refractivity contribution < 1.29 is 24.2 Å². The molecule has 3 N–H and O–H groups in total. The van der Waals surface area contributed by atoms with E-state index in [0.717, 1.165) is 5.56 Å². The fraction of sp³-hybridized carbons (Fsp3) is 0.429. The van der Waals surface area contributed by atoms with E-state index in [4.69, 9.17) is 4.74 Å². The zero-order valence-electron chi connectivity index (χ0n) is 17.3. The Bertz CT molecular complexity index is 1060. The molecule has 1 saturated heterocycles. The highest BCUT2D eigenvalue weighted by Crippen LogP contribution is 2.30. The van der Waals surface area contributed by atoms with Crippen LogP contribution in [0.4, 0.5) is 0 Å². The Morgan fingerprint density at radius 3 is 2.68 bits per heavy atom. The van der Waals surface area contributed by atoms with Gasteiger partial charge in [-0.2, -0.15) is 0 Å². The molecule has 0 aliphatic carbocycles. The van der Waals surface area contributed by atoms with Gasteiger partial charge in [-0.1, -0.05) is 12.1 Å². The van der Waals surface area contributed by atoms with Gasteiger partial charge in [0.1, 0.15) is 6.23 Å². The number of methoxy groups -OCH3 is 1. The minimum Gasteiger partial charge on any atom is -0.465 e. The Balaban J connectivity index is 1.49. The Kier molecular flexibility index (Phi) is 7.03. The standard InChI is InChI=1S/C21H25N3O7/c1-12-11-24(21(29)23-19(12)27)18-9-15(25)16(31-18)7-8-17(26)22-10-13-3-5-14(6-4-13)20(28)30-2/h3-6,11,15-16,18,25H,7-10H2,1-2H3,(H,22,26)(H,23,27,29)/t15-,16+,18+/m0/s1. The number of hydrogen-bond donors (Lipinski definition) is 3. The number of nitrogens with one attached hydrogen (secondary N) is 2. The lowest BCUT2D eigenvalue weighted by Crippen LogP contribution is -2.33. The van der Waals surface area contributed by atoms with Crippen LogP contribution >= 0.6 is 0 Å². The first kappa shape index (κ1) is 22.4. The first-order valence-corrected chi connectivity index (χ1v) is 9.88. The molecule has 0 bridgehead atoms. The number of aromatic nitrogens is 2. The summed E-state index contributed by atoms with van der Waals surface area (Å²) in [5.74, 6) is -0.642. The number of hydrogen-bond acceptors (Lipinski definition) is 7. The monoisotopic (exact) mass is 431 g/mol. The van der Waals surface area contributed by atoms with E-state index >= 15 is 0 Å². The molecule has 10 nitrogen and oxygen atoms in total. The number of carbonyl (C=O) groups excluding carboxylic acids is 2. The van der Waals surface area contributed by atoms with Crippen LogP contribution < -0.4 is 16.6 Å². The number of aromatic amines is 1. The van der Waals surface area contributed by atoms with Gasteiger partial charge in [0.15, 0.2) is 0 Å². The first-order chi connectivity index (χ1) is 14.8. The molecule has 0 unspecified atom stereocenters. The number of benzene rings is 1. The normalized spacial score (nSPS) is 20.4. The first-order valence-electron chi connectivity index (χ1n) is 9.88. The molecular weight excluding hydrogens is 406 g/mol. The van der Waals surface area contributed by atoms with Crippen LogP contribution in [0.25, 0.3) is 0 Å². The Hall–Kier alpha value is -3.24. The molecule has 1 aromatic heterocycles. The molecule has 0 radical (unpaired) electrons. The zero-order valence-corrected chi connectivity index (χ0v) is 17.3. The van der Waals surface area contributed by atoms with Crippen LogP contribution in [-0.4, -0.2) is 45.9 Å². The quantitative estimate of drug-likeness (QED) is 0.538. The Morgan fingerprint density at radius 1 is 1.29 bits per heavy atom. The van der Waals surface area contributed by atoms with Gasteiger partial charge in [0.05, 0.1) is 24.9 Å². The topological polar surface area (TPSA) is 140 Å². The Labute approximate surface area is 177 Å². The second-order valence-electron chi connectivity index (χ2n) is 7.41. The van der Waals surface area contributed by atoms with Crippen LogP contribution in [0.2, 0.25) is 0 Å². The van der Waals surface area contributed by atoms with Gasteiger partial charge in [-0.25, -0.2) is 9.59 Å². The summed E-state index contributed by atoms with van der Waals surface area (Å²) in [4.78, 5) is 49.3. The van der Waals surface area contributed by atoms with Gasteiger partial charge < -0.3 is 19.9 Å². The highest BCUT2D eigenvalue weighted by Gasteiger charge is 2.35. The van der Waals surface area contributed by atoms with Crippen molar-refractivity contribution in [1.29, 1.82) is 0 Å². The summed E-state index contributed by atoms with van der Waals surface area (Å²) in [5, 5.41) is 13.0. The fourth-order valence-corrected chi connectivity index (χ4v) is 3.38. The van der Waals surface area contributed by atoms with Crippen LogP contribution in [0.1, 0.15) is 47.0 Å². The number of amides is 1. The van der Waals surface area contributed by atoms with Crippen LogP contribution in [0.3, 0.4) is 0 Å². The number of aliphatic hydroxyl groups is 1. The third-order valence-electron chi connectivity index (χ3n) is 5.18. The number of esters is 1. The van der Waals surface area contributed by atoms with Gasteiger partial charge in [0.25, 0.3) is 5.56 Å². The van der Waals surface area contributed by atoms with Crippen molar-refractivity contribution in [3.8, 4) is 0 Å². The molecule has 10 heteroatoms. The summed E-state index contributed by atoms with van der Waals surface area (Å²) < 4.78 is 11.7. The molecule has 1 fully saturated rings. The van der Waals surface area contributed by atoms with Crippen molar-refractivity contribution in [2.45, 2.75) is 51.2 Å². The van der Waals surface area contributed by atoms with Gasteiger partial charge in [0.2, 0.25) is 5.91 Å². The van der Waals surface area contributed by atoms with Gasteiger partial charge in [-0.05, 0) is 31.0 Å². The molecular formula is C21H25N3O7. The smallest absolute Gasteiger partial charge is 0.337 e. The molecule has 2 aromatic rings. The number of H-pyrrole nitrogens is 1. The summed E-state index contributed by atoms with van der Waals surface area (Å²) in [6.07, 6.45) is -0.143. The fourth-order valence-electron chi connectivity index (χ4n) is 3.38. The molecule has 1 amide bonds. The number of aliphatic hydroxyl groups excluding tert-OH is 1. The molecule has 3 atom stereocenters. The summed E-state index contributed by atoms with van der Waals surface area (Å²) in [7, 11) is 1.31. The van der Waals surface area contributed by atoms with E-state index in [0.29, 0.717) is 17.7 Å². The SMILES string of the molecule is COC(=O)c1ccc(CNC(=O)CC[C@H]2O[C@@H](n3cc(C)c(=O)[nH]c3=O)C[C@@H]2O)cc1. The average Bonchev–Trinajstić information content (AvgIpc) is 3.13. The molecule has 1 aliphatic heterocycles. The van der Waals surface area contributed by atoms with Crippen molar-refractivity contribution in [2.24, 2.45) is 0 Å². The second kappa shape index (κ2) is 9.71. The van der Waals surface area contributed by atoms with Gasteiger partial charge in [0, 0.05) is 31.1 Å². The van der Waals surface area contributed by atoms with Crippen molar-refractivity contribution in [3.63, 3.8) is 0 Å². The van der Waals surface area contributed by atoms with E-state index in [9.17, 15) is 24.3 Å². The second-order valence-corrected chi connectivity index (χ2v) is 7.41. The summed E-state index contributed by atoms with van der Waals surface area (Å²) in [6.45, 7) is 1.87. The maximum Gasteiger partial charge on any atom is 0.337 e. The average molecular weight is 431 g/mol. The van der Waals surface area contributed by atoms with Crippen LogP contribution in [-0.2, 0) is 20.8 Å². The minimum absolute atomic E-state index is 0.133. The molecule has 0 saturated carbocycles. The predicted molar refractivity (Wildman–Crippen MR) is 109 cm³/mol. The van der Waals surface area contributed by atoms with Crippen molar-refractivity contribution >= 4 is 11.9 Å². The molecule has 1 aromatic carbocycles. The summed E-state index contributed by atoms with van der Waals surface area (Å²) in [5.41, 5.74) is 0.542. The molecule has 166 valence electrons. The van der Waals surface area contributed by atoms with Gasteiger partial charge >= 0.3 is 11.7 Å². The van der Waals surface area contributed by atoms with Gasteiger partial charge in [-0.3, -0.25) is 19.1 Å².